The third-order valence-corrected chi connectivity index (χ3v) is 6.47. The smallest absolute Gasteiger partial charge is 0.269 e. The van der Waals surface area contributed by atoms with Gasteiger partial charge in [0.05, 0.1) is 4.92 Å². The molecule has 4 aromatic carbocycles. The van der Waals surface area contributed by atoms with E-state index in [0.29, 0.717) is 5.92 Å². The van der Waals surface area contributed by atoms with Crippen LogP contribution in [0.15, 0.2) is 97.1 Å². The lowest BCUT2D eigenvalue weighted by atomic mass is 9.88. The molecule has 0 saturated carbocycles. The van der Waals surface area contributed by atoms with Gasteiger partial charge in [0.2, 0.25) is 0 Å². The van der Waals surface area contributed by atoms with E-state index < -0.39 is 0 Å². The lowest BCUT2D eigenvalue weighted by Gasteiger charge is -2.26. The van der Waals surface area contributed by atoms with Gasteiger partial charge >= 0.3 is 0 Å². The summed E-state index contributed by atoms with van der Waals surface area (Å²) >= 11 is 0. The van der Waals surface area contributed by atoms with E-state index in [1.807, 2.05) is 12.1 Å². The third-order valence-electron chi connectivity index (χ3n) is 6.47. The molecule has 0 bridgehead atoms. The Balaban J connectivity index is 1.63. The normalized spacial score (nSPS) is 11.7. The molecule has 4 aromatic rings. The first-order valence-electron chi connectivity index (χ1n) is 12.2. The second kappa shape index (κ2) is 11.0. The summed E-state index contributed by atoms with van der Waals surface area (Å²) in [6, 6.07) is 33.1. The molecule has 0 heterocycles. The van der Waals surface area contributed by atoms with Gasteiger partial charge in [-0.05, 0) is 80.1 Å². The van der Waals surface area contributed by atoms with Gasteiger partial charge in [-0.3, -0.25) is 10.1 Å². The first kappa shape index (κ1) is 24.2. The highest BCUT2D eigenvalue weighted by atomic mass is 16.6. The number of hydrogen-bond donors (Lipinski definition) is 0. The number of benzene rings is 4. The van der Waals surface area contributed by atoms with Crippen LogP contribution in [0.1, 0.15) is 47.9 Å². The fourth-order valence-electron chi connectivity index (χ4n) is 4.50. The quantitative estimate of drug-likeness (QED) is 0.184. The Labute approximate surface area is 208 Å². The molecule has 0 saturated heterocycles. The first-order chi connectivity index (χ1) is 16.9. The Hall–Kier alpha value is -3.92. The molecular formula is C31H32N2O2. The molecule has 0 radical (unpaired) electrons. The number of anilines is 3. The molecule has 4 heteroatoms. The first-order valence-corrected chi connectivity index (χ1v) is 12.2. The maximum Gasteiger partial charge on any atom is 0.269 e. The maximum atomic E-state index is 11.0. The molecule has 1 unspecified atom stereocenters. The van der Waals surface area contributed by atoms with Crippen molar-refractivity contribution in [1.29, 1.82) is 0 Å². The van der Waals surface area contributed by atoms with Gasteiger partial charge in [-0.15, -0.1) is 0 Å². The molecule has 0 N–H and O–H groups in total. The minimum Gasteiger partial charge on any atom is -0.311 e. The Morgan fingerprint density at radius 3 is 1.60 bits per heavy atom. The third kappa shape index (κ3) is 5.96. The van der Waals surface area contributed by atoms with E-state index in [2.05, 4.69) is 98.5 Å². The van der Waals surface area contributed by atoms with Gasteiger partial charge in [0.1, 0.15) is 0 Å². The molecular weight excluding hydrogens is 432 g/mol. The summed E-state index contributed by atoms with van der Waals surface area (Å²) in [7, 11) is 0. The van der Waals surface area contributed by atoms with Crippen molar-refractivity contribution < 1.29 is 4.92 Å². The summed E-state index contributed by atoms with van der Waals surface area (Å²) in [6.45, 7) is 6.41. The van der Waals surface area contributed by atoms with Crippen LogP contribution in [0.4, 0.5) is 22.7 Å². The van der Waals surface area contributed by atoms with Crippen molar-refractivity contribution in [2.45, 2.75) is 46.0 Å². The van der Waals surface area contributed by atoms with Gasteiger partial charge in [0.25, 0.3) is 5.69 Å². The van der Waals surface area contributed by atoms with Gasteiger partial charge in [0, 0.05) is 29.2 Å². The van der Waals surface area contributed by atoms with Crippen molar-refractivity contribution in [3.63, 3.8) is 0 Å². The molecule has 178 valence electrons. The average molecular weight is 465 g/mol. The zero-order chi connectivity index (χ0) is 24.8. The van der Waals surface area contributed by atoms with Crippen LogP contribution in [-0.4, -0.2) is 4.92 Å². The largest absolute Gasteiger partial charge is 0.311 e. The van der Waals surface area contributed by atoms with E-state index in [9.17, 15) is 10.1 Å². The Bertz CT molecular complexity index is 1200. The van der Waals surface area contributed by atoms with Crippen LogP contribution in [0.25, 0.3) is 0 Å². The van der Waals surface area contributed by atoms with Crippen molar-refractivity contribution >= 4 is 22.7 Å². The van der Waals surface area contributed by atoms with Gasteiger partial charge in [-0.2, -0.15) is 0 Å². The van der Waals surface area contributed by atoms with Crippen molar-refractivity contribution in [2.24, 2.45) is 0 Å². The van der Waals surface area contributed by atoms with Crippen molar-refractivity contribution in [2.75, 3.05) is 4.90 Å². The molecule has 0 aliphatic rings. The molecule has 0 spiro atoms. The summed E-state index contributed by atoms with van der Waals surface area (Å²) in [5, 5.41) is 11.0. The molecule has 0 aliphatic heterocycles. The Morgan fingerprint density at radius 1 is 0.714 bits per heavy atom. The summed E-state index contributed by atoms with van der Waals surface area (Å²) in [5.74, 6) is 0.364. The molecule has 0 aliphatic carbocycles. The number of aryl methyl sites for hydroxylation is 2. The number of non-ortho nitro benzene ring substituents is 1. The monoisotopic (exact) mass is 464 g/mol. The Morgan fingerprint density at radius 2 is 1.17 bits per heavy atom. The zero-order valence-electron chi connectivity index (χ0n) is 20.6. The van der Waals surface area contributed by atoms with E-state index in [-0.39, 0.29) is 10.6 Å². The summed E-state index contributed by atoms with van der Waals surface area (Å²) in [5.41, 5.74) is 8.40. The SMILES string of the molecule is CCCC(Cc1ccc([N+](=O)[O-])cc1)c1ccc(N(c2ccc(C)cc2)c2ccc(C)cc2)cc1. The predicted molar refractivity (Wildman–Crippen MR) is 145 cm³/mol. The maximum absolute atomic E-state index is 11.0. The topological polar surface area (TPSA) is 46.4 Å². The van der Waals surface area contributed by atoms with E-state index in [0.717, 1.165) is 41.9 Å². The van der Waals surface area contributed by atoms with E-state index in [4.69, 9.17) is 0 Å². The van der Waals surface area contributed by atoms with E-state index in [1.54, 1.807) is 12.1 Å². The van der Waals surface area contributed by atoms with Crippen LogP contribution in [0.2, 0.25) is 0 Å². The van der Waals surface area contributed by atoms with Gasteiger partial charge in [0.15, 0.2) is 0 Å². The van der Waals surface area contributed by atoms with E-state index >= 15 is 0 Å². The number of rotatable bonds is 9. The fourth-order valence-corrected chi connectivity index (χ4v) is 4.50. The molecule has 35 heavy (non-hydrogen) atoms. The van der Waals surface area contributed by atoms with Crippen LogP contribution in [0.3, 0.4) is 0 Å². The van der Waals surface area contributed by atoms with Gasteiger partial charge < -0.3 is 4.90 Å². The second-order valence-corrected chi connectivity index (χ2v) is 9.21. The molecule has 0 aromatic heterocycles. The van der Waals surface area contributed by atoms with Crippen LogP contribution in [0, 0.1) is 24.0 Å². The molecule has 4 rings (SSSR count). The highest BCUT2D eigenvalue weighted by Gasteiger charge is 2.16. The zero-order valence-corrected chi connectivity index (χ0v) is 20.6. The van der Waals surface area contributed by atoms with Gasteiger partial charge in [-0.1, -0.05) is 73.0 Å². The minimum absolute atomic E-state index is 0.137. The summed E-state index contributed by atoms with van der Waals surface area (Å²) < 4.78 is 0. The summed E-state index contributed by atoms with van der Waals surface area (Å²) in [6.07, 6.45) is 3.01. The van der Waals surface area contributed by atoms with Gasteiger partial charge in [-0.25, -0.2) is 0 Å². The van der Waals surface area contributed by atoms with Crippen LogP contribution in [-0.2, 0) is 6.42 Å². The minimum atomic E-state index is -0.347. The Kier molecular flexibility index (Phi) is 7.61. The molecule has 0 amide bonds. The lowest BCUT2D eigenvalue weighted by Crippen LogP contribution is -2.10. The highest BCUT2D eigenvalue weighted by molar-refractivity contribution is 5.76. The number of hydrogen-bond acceptors (Lipinski definition) is 3. The van der Waals surface area contributed by atoms with Crippen molar-refractivity contribution in [3.8, 4) is 0 Å². The highest BCUT2D eigenvalue weighted by Crippen LogP contribution is 2.36. The van der Waals surface area contributed by atoms with Crippen molar-refractivity contribution in [1.82, 2.24) is 0 Å². The second-order valence-electron chi connectivity index (χ2n) is 9.21. The molecule has 1 atom stereocenters. The van der Waals surface area contributed by atoms with Crippen LogP contribution in [0.5, 0.6) is 0 Å². The molecule has 4 nitrogen and oxygen atoms in total. The van der Waals surface area contributed by atoms with Crippen LogP contribution < -0.4 is 4.90 Å². The fraction of sp³-hybridized carbons (Fsp3) is 0.226. The lowest BCUT2D eigenvalue weighted by molar-refractivity contribution is -0.384. The predicted octanol–water partition coefficient (Wildman–Crippen LogP) is 8.81. The molecule has 0 fully saturated rings. The standard InChI is InChI=1S/C31H32N2O2/c1-4-5-27(22-25-10-18-31(19-11-25)33(34)35)26-12-20-30(21-13-26)32(28-14-6-23(2)7-15-28)29-16-8-24(3)9-17-29/h6-21,27H,4-5,22H2,1-3H3. The van der Waals surface area contributed by atoms with Crippen LogP contribution >= 0.6 is 0 Å². The number of nitro groups is 1. The number of nitrogens with zero attached hydrogens (tertiary/aromatic N) is 2. The van der Waals surface area contributed by atoms with Crippen molar-refractivity contribution in [3.05, 3.63) is 129 Å². The van der Waals surface area contributed by atoms with E-state index in [1.165, 1.54) is 16.7 Å². The average Bonchev–Trinajstić information content (AvgIpc) is 2.87. The number of nitro benzene ring substituents is 1. The summed E-state index contributed by atoms with van der Waals surface area (Å²) in [4.78, 5) is 12.9.